The highest BCUT2D eigenvalue weighted by Gasteiger charge is 2.10. The number of allylic oxidation sites excluding steroid dienone is 1. The topological polar surface area (TPSA) is 56.1 Å². The van der Waals surface area contributed by atoms with Crippen LogP contribution < -0.4 is 10.1 Å². The molecule has 0 saturated heterocycles. The lowest BCUT2D eigenvalue weighted by atomic mass is 10.1. The third kappa shape index (κ3) is 6.58. The first-order valence-corrected chi connectivity index (χ1v) is 11.4. The van der Waals surface area contributed by atoms with E-state index in [9.17, 15) is 4.79 Å². The van der Waals surface area contributed by atoms with Gasteiger partial charge in [0.05, 0.1) is 17.6 Å². The fourth-order valence-electron chi connectivity index (χ4n) is 3.81. The standard InChI is InChI=1S/C27H33N3O2/c1-3-13-22-14-7-10-17-25(22)32-21-12-20-30-24-16-9-8-15-23(24)29-26(30)18-6-5-11-19-28-27(31)4-2/h3-4,7-10,14-17H,1-2,5-6,11-13,18-21H2,(H,28,31). The van der Waals surface area contributed by atoms with E-state index < -0.39 is 0 Å². The van der Waals surface area contributed by atoms with Gasteiger partial charge in [-0.2, -0.15) is 0 Å². The summed E-state index contributed by atoms with van der Waals surface area (Å²) in [6, 6.07) is 16.4. The zero-order valence-electron chi connectivity index (χ0n) is 18.8. The van der Waals surface area contributed by atoms with Crippen LogP contribution in [0.2, 0.25) is 0 Å². The zero-order chi connectivity index (χ0) is 22.6. The lowest BCUT2D eigenvalue weighted by Gasteiger charge is -2.12. The minimum atomic E-state index is -0.110. The molecule has 1 aromatic heterocycles. The van der Waals surface area contributed by atoms with Crippen LogP contribution in [0.15, 0.2) is 73.8 Å². The first-order valence-electron chi connectivity index (χ1n) is 11.4. The highest BCUT2D eigenvalue weighted by atomic mass is 16.5. The second-order valence-corrected chi connectivity index (χ2v) is 7.78. The number of carbonyl (C=O) groups excluding carboxylic acids is 1. The van der Waals surface area contributed by atoms with Crippen LogP contribution in [0, 0.1) is 0 Å². The van der Waals surface area contributed by atoms with Gasteiger partial charge in [-0.3, -0.25) is 4.79 Å². The van der Waals surface area contributed by atoms with Gasteiger partial charge in [0.1, 0.15) is 11.6 Å². The largest absolute Gasteiger partial charge is 0.493 e. The number of hydrogen-bond donors (Lipinski definition) is 1. The predicted octanol–water partition coefficient (Wildman–Crippen LogP) is 5.25. The Bertz CT molecular complexity index is 1040. The predicted molar refractivity (Wildman–Crippen MR) is 131 cm³/mol. The van der Waals surface area contributed by atoms with Gasteiger partial charge in [-0.25, -0.2) is 4.98 Å². The van der Waals surface area contributed by atoms with Crippen molar-refractivity contribution in [2.24, 2.45) is 0 Å². The first kappa shape index (κ1) is 23.3. The monoisotopic (exact) mass is 431 g/mol. The van der Waals surface area contributed by atoms with E-state index in [0.29, 0.717) is 13.2 Å². The molecule has 0 aliphatic rings. The molecule has 0 atom stereocenters. The molecule has 3 aromatic rings. The van der Waals surface area contributed by atoms with Crippen LogP contribution in [0.5, 0.6) is 5.75 Å². The van der Waals surface area contributed by atoms with Gasteiger partial charge in [-0.1, -0.05) is 49.4 Å². The number of para-hydroxylation sites is 3. The fourth-order valence-corrected chi connectivity index (χ4v) is 3.81. The molecule has 5 nitrogen and oxygen atoms in total. The van der Waals surface area contributed by atoms with Crippen molar-refractivity contribution in [2.75, 3.05) is 13.2 Å². The van der Waals surface area contributed by atoms with Gasteiger partial charge >= 0.3 is 0 Å². The summed E-state index contributed by atoms with van der Waals surface area (Å²) in [6.07, 6.45) is 8.89. The van der Waals surface area contributed by atoms with Crippen molar-refractivity contribution in [1.82, 2.24) is 14.9 Å². The van der Waals surface area contributed by atoms with E-state index in [2.05, 4.69) is 47.3 Å². The number of aryl methyl sites for hydroxylation is 2. The Labute approximate surface area is 190 Å². The van der Waals surface area contributed by atoms with Crippen molar-refractivity contribution in [3.05, 3.63) is 85.2 Å². The molecule has 0 saturated carbocycles. The lowest BCUT2D eigenvalue weighted by Crippen LogP contribution is -2.21. The number of unbranched alkanes of at least 4 members (excludes halogenated alkanes) is 2. The minimum Gasteiger partial charge on any atom is -0.493 e. The summed E-state index contributed by atoms with van der Waals surface area (Å²) in [6.45, 7) is 9.51. The first-order chi connectivity index (χ1) is 15.7. The molecule has 168 valence electrons. The molecule has 32 heavy (non-hydrogen) atoms. The number of fused-ring (bicyclic) bond motifs is 1. The maximum Gasteiger partial charge on any atom is 0.243 e. The van der Waals surface area contributed by atoms with Crippen LogP contribution in [0.1, 0.15) is 37.1 Å². The number of imidazole rings is 1. The molecule has 0 fully saturated rings. The Morgan fingerprint density at radius 1 is 1.03 bits per heavy atom. The Morgan fingerprint density at radius 3 is 2.69 bits per heavy atom. The second-order valence-electron chi connectivity index (χ2n) is 7.78. The van der Waals surface area contributed by atoms with E-state index in [0.717, 1.165) is 62.2 Å². The Morgan fingerprint density at radius 2 is 1.84 bits per heavy atom. The molecule has 0 bridgehead atoms. The molecule has 5 heteroatoms. The molecular weight excluding hydrogens is 398 g/mol. The normalized spacial score (nSPS) is 10.8. The third-order valence-electron chi connectivity index (χ3n) is 5.42. The number of nitrogens with one attached hydrogen (secondary N) is 1. The van der Waals surface area contributed by atoms with Crippen LogP contribution in [-0.2, 0) is 24.2 Å². The summed E-state index contributed by atoms with van der Waals surface area (Å²) < 4.78 is 8.40. The average Bonchev–Trinajstić information content (AvgIpc) is 3.17. The van der Waals surface area contributed by atoms with Gasteiger partial charge < -0.3 is 14.6 Å². The molecule has 0 unspecified atom stereocenters. The molecule has 0 aliphatic heterocycles. The van der Waals surface area contributed by atoms with E-state index in [-0.39, 0.29) is 5.91 Å². The van der Waals surface area contributed by atoms with Gasteiger partial charge in [0.2, 0.25) is 5.91 Å². The summed E-state index contributed by atoms with van der Waals surface area (Å²) in [5.41, 5.74) is 3.38. The summed E-state index contributed by atoms with van der Waals surface area (Å²) in [7, 11) is 0. The van der Waals surface area contributed by atoms with Gasteiger partial charge in [0.25, 0.3) is 0 Å². The number of carbonyl (C=O) groups is 1. The number of hydrogen-bond acceptors (Lipinski definition) is 3. The van der Waals surface area contributed by atoms with E-state index in [1.807, 2.05) is 30.3 Å². The third-order valence-corrected chi connectivity index (χ3v) is 5.42. The van der Waals surface area contributed by atoms with E-state index in [1.54, 1.807) is 0 Å². The van der Waals surface area contributed by atoms with Crippen molar-refractivity contribution in [1.29, 1.82) is 0 Å². The molecule has 1 heterocycles. The quantitative estimate of drug-likeness (QED) is 0.215. The molecular formula is C27H33N3O2. The summed E-state index contributed by atoms with van der Waals surface area (Å²) in [4.78, 5) is 16.1. The fraction of sp³-hybridized carbons (Fsp3) is 0.333. The molecule has 0 radical (unpaired) electrons. The molecule has 1 N–H and O–H groups in total. The Balaban J connectivity index is 1.54. The van der Waals surface area contributed by atoms with Crippen LogP contribution in [0.3, 0.4) is 0 Å². The van der Waals surface area contributed by atoms with Crippen molar-refractivity contribution in [3.63, 3.8) is 0 Å². The number of rotatable bonds is 14. The van der Waals surface area contributed by atoms with Crippen LogP contribution >= 0.6 is 0 Å². The number of nitrogens with zero attached hydrogens (tertiary/aromatic N) is 2. The maximum atomic E-state index is 11.2. The summed E-state index contributed by atoms with van der Waals surface area (Å²) in [5.74, 6) is 1.95. The average molecular weight is 432 g/mol. The zero-order valence-corrected chi connectivity index (χ0v) is 18.8. The lowest BCUT2D eigenvalue weighted by molar-refractivity contribution is -0.116. The van der Waals surface area contributed by atoms with E-state index >= 15 is 0 Å². The number of ether oxygens (including phenoxy) is 1. The van der Waals surface area contributed by atoms with Crippen LogP contribution in [0.25, 0.3) is 11.0 Å². The van der Waals surface area contributed by atoms with Crippen LogP contribution in [0.4, 0.5) is 0 Å². The number of amides is 1. The van der Waals surface area contributed by atoms with Crippen molar-refractivity contribution >= 4 is 16.9 Å². The molecule has 3 rings (SSSR count). The van der Waals surface area contributed by atoms with Gasteiger partial charge in [-0.15, -0.1) is 6.58 Å². The minimum absolute atomic E-state index is 0.110. The Hall–Kier alpha value is -3.34. The summed E-state index contributed by atoms with van der Waals surface area (Å²) >= 11 is 0. The van der Waals surface area contributed by atoms with E-state index in [1.165, 1.54) is 17.2 Å². The summed E-state index contributed by atoms with van der Waals surface area (Å²) in [5, 5.41) is 2.83. The van der Waals surface area contributed by atoms with Gasteiger partial charge in [-0.05, 0) is 55.5 Å². The van der Waals surface area contributed by atoms with Gasteiger partial charge in [0.15, 0.2) is 0 Å². The molecule has 1 amide bonds. The molecule has 0 aliphatic carbocycles. The number of aromatic nitrogens is 2. The van der Waals surface area contributed by atoms with E-state index in [4.69, 9.17) is 9.72 Å². The number of benzene rings is 2. The van der Waals surface area contributed by atoms with Crippen molar-refractivity contribution in [3.8, 4) is 5.75 Å². The Kier molecular flexibility index (Phi) is 9.11. The SMILES string of the molecule is C=CCc1ccccc1OCCCn1c(CCCCCNC(=O)C=C)nc2ccccc21. The van der Waals surface area contributed by atoms with Gasteiger partial charge in [0, 0.05) is 19.5 Å². The highest BCUT2D eigenvalue weighted by Crippen LogP contribution is 2.21. The van der Waals surface area contributed by atoms with Crippen LogP contribution in [-0.4, -0.2) is 28.6 Å². The highest BCUT2D eigenvalue weighted by molar-refractivity contribution is 5.86. The smallest absolute Gasteiger partial charge is 0.243 e. The molecule has 2 aromatic carbocycles. The van der Waals surface area contributed by atoms with Crippen molar-refractivity contribution < 1.29 is 9.53 Å². The molecule has 0 spiro atoms. The van der Waals surface area contributed by atoms with Crippen molar-refractivity contribution in [2.45, 2.75) is 45.1 Å². The second kappa shape index (κ2) is 12.5. The maximum absolute atomic E-state index is 11.2.